The molecule has 1 fully saturated rings. The first-order valence-electron chi connectivity index (χ1n) is 6.85. The number of methoxy groups -OCH3 is 1. The second-order valence-electron chi connectivity index (χ2n) is 5.33. The van der Waals surface area contributed by atoms with E-state index in [1.807, 2.05) is 13.0 Å². The number of carbonyl (C=O) groups is 1. The predicted molar refractivity (Wildman–Crippen MR) is 75.1 cm³/mol. The Morgan fingerprint density at radius 2 is 2.25 bits per heavy atom. The molecule has 0 radical (unpaired) electrons. The van der Waals surface area contributed by atoms with E-state index in [9.17, 15) is 9.90 Å². The summed E-state index contributed by atoms with van der Waals surface area (Å²) in [4.78, 5) is 16.0. The highest BCUT2D eigenvalue weighted by Gasteiger charge is 2.29. The maximum absolute atomic E-state index is 11.4. The van der Waals surface area contributed by atoms with Crippen LogP contribution in [0.2, 0.25) is 0 Å². The monoisotopic (exact) mass is 274 g/mol. The first kappa shape index (κ1) is 13.1. The third-order valence-electron chi connectivity index (χ3n) is 4.17. The van der Waals surface area contributed by atoms with E-state index in [1.165, 1.54) is 0 Å². The van der Waals surface area contributed by atoms with E-state index in [1.54, 1.807) is 19.2 Å². The van der Waals surface area contributed by atoms with Gasteiger partial charge in [-0.05, 0) is 38.3 Å². The minimum atomic E-state index is -0.905. The summed E-state index contributed by atoms with van der Waals surface area (Å²) < 4.78 is 7.50. The number of para-hydroxylation sites is 1. The summed E-state index contributed by atoms with van der Waals surface area (Å²) in [6, 6.07) is 5.53. The number of ether oxygens (including phenoxy) is 1. The minimum absolute atomic E-state index is 0.258. The molecule has 2 atom stereocenters. The van der Waals surface area contributed by atoms with Crippen LogP contribution in [0.25, 0.3) is 11.0 Å². The molecular weight excluding hydrogens is 256 g/mol. The zero-order chi connectivity index (χ0) is 14.3. The molecule has 0 bridgehead atoms. The highest BCUT2D eigenvalue weighted by Crippen LogP contribution is 2.35. The summed E-state index contributed by atoms with van der Waals surface area (Å²) in [6.07, 6.45) is 3.18. The number of hydrogen-bond acceptors (Lipinski definition) is 3. The lowest BCUT2D eigenvalue weighted by Gasteiger charge is -2.16. The second-order valence-corrected chi connectivity index (χ2v) is 5.33. The Bertz CT molecular complexity index is 662. The predicted octanol–water partition coefficient (Wildman–Crippen LogP) is 2.78. The normalized spacial score (nSPS) is 22.5. The smallest absolute Gasteiger partial charge is 0.337 e. The Balaban J connectivity index is 2.15. The number of aromatic nitrogens is 2. The van der Waals surface area contributed by atoms with E-state index < -0.39 is 5.97 Å². The largest absolute Gasteiger partial charge is 0.478 e. The Morgan fingerprint density at radius 3 is 2.90 bits per heavy atom. The van der Waals surface area contributed by atoms with Crippen LogP contribution in [0.15, 0.2) is 18.2 Å². The van der Waals surface area contributed by atoms with Crippen molar-refractivity contribution in [2.45, 2.75) is 38.3 Å². The maximum atomic E-state index is 11.4. The summed E-state index contributed by atoms with van der Waals surface area (Å²) in [5.41, 5.74) is 1.81. The highest BCUT2D eigenvalue weighted by atomic mass is 16.5. The number of hydrogen-bond donors (Lipinski definition) is 1. The van der Waals surface area contributed by atoms with Crippen molar-refractivity contribution in [1.82, 2.24) is 9.55 Å². The molecule has 106 valence electrons. The van der Waals surface area contributed by atoms with Crippen molar-refractivity contribution in [1.29, 1.82) is 0 Å². The van der Waals surface area contributed by atoms with Gasteiger partial charge in [0.15, 0.2) is 0 Å². The van der Waals surface area contributed by atoms with Gasteiger partial charge in [-0.15, -0.1) is 0 Å². The molecule has 1 heterocycles. The number of carboxylic acids is 1. The van der Waals surface area contributed by atoms with Gasteiger partial charge in [0.25, 0.3) is 0 Å². The van der Waals surface area contributed by atoms with E-state index in [4.69, 9.17) is 4.74 Å². The number of rotatable bonds is 3. The Kier molecular flexibility index (Phi) is 3.22. The molecule has 1 aromatic heterocycles. The van der Waals surface area contributed by atoms with Crippen LogP contribution in [0, 0.1) is 6.92 Å². The van der Waals surface area contributed by atoms with Gasteiger partial charge in [0, 0.05) is 13.2 Å². The van der Waals surface area contributed by atoms with Crippen LogP contribution >= 0.6 is 0 Å². The van der Waals surface area contributed by atoms with Gasteiger partial charge in [-0.3, -0.25) is 0 Å². The molecule has 1 aromatic carbocycles. The molecule has 1 saturated carbocycles. The summed E-state index contributed by atoms with van der Waals surface area (Å²) >= 11 is 0. The van der Waals surface area contributed by atoms with Crippen molar-refractivity contribution in [3.63, 3.8) is 0 Å². The average molecular weight is 274 g/mol. The Morgan fingerprint density at radius 1 is 1.45 bits per heavy atom. The minimum Gasteiger partial charge on any atom is -0.478 e. The Hall–Kier alpha value is -1.88. The van der Waals surface area contributed by atoms with E-state index in [0.717, 1.165) is 36.1 Å². The van der Waals surface area contributed by atoms with Crippen molar-refractivity contribution >= 4 is 17.0 Å². The van der Waals surface area contributed by atoms with Gasteiger partial charge in [-0.25, -0.2) is 9.78 Å². The van der Waals surface area contributed by atoms with Gasteiger partial charge in [-0.1, -0.05) is 6.07 Å². The van der Waals surface area contributed by atoms with E-state index >= 15 is 0 Å². The third-order valence-corrected chi connectivity index (χ3v) is 4.17. The van der Waals surface area contributed by atoms with Crippen molar-refractivity contribution in [3.05, 3.63) is 29.6 Å². The molecule has 2 aromatic rings. The standard InChI is InChI=1S/C15H18N2O3/c1-9-16-13-5-3-4-12(15(18)19)14(13)17(9)10-6-7-11(8-10)20-2/h3-5,10-11H,6-8H2,1-2H3,(H,18,19). The fraction of sp³-hybridized carbons (Fsp3) is 0.467. The van der Waals surface area contributed by atoms with Crippen molar-refractivity contribution in [2.24, 2.45) is 0 Å². The van der Waals surface area contributed by atoms with Gasteiger partial charge < -0.3 is 14.4 Å². The third kappa shape index (κ3) is 1.98. The Labute approximate surface area is 117 Å². The van der Waals surface area contributed by atoms with Gasteiger partial charge in [0.05, 0.1) is 22.7 Å². The van der Waals surface area contributed by atoms with Crippen molar-refractivity contribution in [2.75, 3.05) is 7.11 Å². The van der Waals surface area contributed by atoms with Crippen LogP contribution in [0.1, 0.15) is 41.5 Å². The lowest BCUT2D eigenvalue weighted by molar-refractivity contribution is 0.0698. The van der Waals surface area contributed by atoms with Crippen molar-refractivity contribution in [3.8, 4) is 0 Å². The fourth-order valence-corrected chi connectivity index (χ4v) is 3.25. The summed E-state index contributed by atoms with van der Waals surface area (Å²) in [7, 11) is 1.73. The van der Waals surface area contributed by atoms with E-state index in [2.05, 4.69) is 9.55 Å². The molecule has 5 nitrogen and oxygen atoms in total. The number of aromatic carboxylic acids is 1. The quantitative estimate of drug-likeness (QED) is 0.934. The fourth-order valence-electron chi connectivity index (χ4n) is 3.25. The molecule has 0 spiro atoms. The number of carboxylic acid groups (broad SMARTS) is 1. The van der Waals surface area contributed by atoms with Gasteiger partial charge in [-0.2, -0.15) is 0 Å². The van der Waals surface area contributed by atoms with Crippen LogP contribution in [0.4, 0.5) is 0 Å². The number of aryl methyl sites for hydroxylation is 1. The van der Waals surface area contributed by atoms with Crippen LogP contribution < -0.4 is 0 Å². The number of nitrogens with zero attached hydrogens (tertiary/aromatic N) is 2. The molecule has 1 N–H and O–H groups in total. The topological polar surface area (TPSA) is 64.4 Å². The van der Waals surface area contributed by atoms with Gasteiger partial charge in [0.2, 0.25) is 0 Å². The number of fused-ring (bicyclic) bond motifs is 1. The summed E-state index contributed by atoms with van der Waals surface area (Å²) in [6.45, 7) is 1.94. The van der Waals surface area contributed by atoms with Crippen LogP contribution in [0.5, 0.6) is 0 Å². The number of benzene rings is 1. The molecule has 0 aliphatic heterocycles. The molecular formula is C15H18N2O3. The van der Waals surface area contributed by atoms with E-state index in [0.29, 0.717) is 5.56 Å². The average Bonchev–Trinajstić information content (AvgIpc) is 3.00. The maximum Gasteiger partial charge on any atom is 0.337 e. The van der Waals surface area contributed by atoms with E-state index in [-0.39, 0.29) is 12.1 Å². The summed E-state index contributed by atoms with van der Waals surface area (Å²) in [5.74, 6) is -0.0338. The first-order chi connectivity index (χ1) is 9.61. The lowest BCUT2D eigenvalue weighted by Crippen LogP contribution is -2.12. The second kappa shape index (κ2) is 4.90. The number of imidazole rings is 1. The highest BCUT2D eigenvalue weighted by molar-refractivity contribution is 6.01. The summed E-state index contributed by atoms with van der Waals surface area (Å²) in [5, 5.41) is 9.39. The lowest BCUT2D eigenvalue weighted by atomic mass is 10.1. The molecule has 3 rings (SSSR count). The zero-order valence-corrected chi connectivity index (χ0v) is 11.7. The van der Waals surface area contributed by atoms with Gasteiger partial charge in [0.1, 0.15) is 5.82 Å². The molecule has 1 aliphatic rings. The first-order valence-corrected chi connectivity index (χ1v) is 6.85. The molecule has 0 saturated heterocycles. The van der Waals surface area contributed by atoms with Gasteiger partial charge >= 0.3 is 5.97 Å². The van der Waals surface area contributed by atoms with Crippen LogP contribution in [-0.2, 0) is 4.74 Å². The molecule has 2 unspecified atom stereocenters. The molecule has 20 heavy (non-hydrogen) atoms. The van der Waals surface area contributed by atoms with Crippen LogP contribution in [0.3, 0.4) is 0 Å². The van der Waals surface area contributed by atoms with Crippen LogP contribution in [-0.4, -0.2) is 33.8 Å². The molecule has 0 amide bonds. The SMILES string of the molecule is COC1CCC(n2c(C)nc3cccc(C(=O)O)c32)C1. The zero-order valence-electron chi connectivity index (χ0n) is 11.7. The molecule has 1 aliphatic carbocycles. The molecule has 5 heteroatoms. The van der Waals surface area contributed by atoms with Crippen molar-refractivity contribution < 1.29 is 14.6 Å².